The lowest BCUT2D eigenvalue weighted by molar-refractivity contribution is -0.123. The average molecular weight is 380 g/mol. The van der Waals surface area contributed by atoms with Crippen molar-refractivity contribution in [3.8, 4) is 11.5 Å². The first-order chi connectivity index (χ1) is 13.4. The predicted octanol–water partition coefficient (Wildman–Crippen LogP) is 3.88. The number of carbonyl (C=O) groups excluding carboxylic acids is 2. The van der Waals surface area contributed by atoms with E-state index in [0.717, 1.165) is 11.1 Å². The van der Waals surface area contributed by atoms with E-state index in [1.807, 2.05) is 57.2 Å². The van der Waals surface area contributed by atoms with Crippen molar-refractivity contribution in [1.82, 2.24) is 10.2 Å². The molecule has 1 fully saturated rings. The van der Waals surface area contributed by atoms with E-state index in [-0.39, 0.29) is 24.3 Å². The Kier molecular flexibility index (Phi) is 5.68. The highest BCUT2D eigenvalue weighted by molar-refractivity contribution is 6.14. The molecular formula is C22H24N2O4. The van der Waals surface area contributed by atoms with Crippen LogP contribution < -0.4 is 14.8 Å². The number of aryl methyl sites for hydroxylation is 1. The summed E-state index contributed by atoms with van der Waals surface area (Å²) in [6, 6.07) is 12.7. The Bertz CT molecular complexity index is 917. The minimum atomic E-state index is -0.439. The second kappa shape index (κ2) is 8.17. The zero-order valence-corrected chi connectivity index (χ0v) is 16.5. The maximum absolute atomic E-state index is 12.8. The maximum Gasteiger partial charge on any atom is 0.329 e. The van der Waals surface area contributed by atoms with Gasteiger partial charge in [0.15, 0.2) is 11.5 Å². The number of rotatable bonds is 6. The summed E-state index contributed by atoms with van der Waals surface area (Å²) in [5, 5.41) is 2.65. The van der Waals surface area contributed by atoms with Gasteiger partial charge in [0, 0.05) is 5.56 Å². The standard InChI is InChI=1S/C22H24N2O4/c1-14(2)28-20-17(6-5-7-19(20)27-4)12-18-21(25)24(22(26)23-18)13-16-10-8-15(3)9-11-16/h5-12,14H,13H2,1-4H3,(H,23,26)/b18-12-. The van der Waals surface area contributed by atoms with Gasteiger partial charge in [-0.15, -0.1) is 0 Å². The maximum atomic E-state index is 12.8. The van der Waals surface area contributed by atoms with Crippen LogP contribution in [0.15, 0.2) is 48.2 Å². The number of amides is 3. The fraction of sp³-hybridized carbons (Fsp3) is 0.273. The summed E-state index contributed by atoms with van der Waals surface area (Å²) >= 11 is 0. The lowest BCUT2D eigenvalue weighted by atomic mass is 10.1. The number of hydrogen-bond donors (Lipinski definition) is 1. The summed E-state index contributed by atoms with van der Waals surface area (Å²) in [5.74, 6) is 0.728. The van der Waals surface area contributed by atoms with Crippen molar-refractivity contribution in [2.45, 2.75) is 33.4 Å². The van der Waals surface area contributed by atoms with Gasteiger partial charge in [-0.1, -0.05) is 42.0 Å². The van der Waals surface area contributed by atoms with Crippen LogP contribution in [0.5, 0.6) is 11.5 Å². The van der Waals surface area contributed by atoms with Gasteiger partial charge in [0.2, 0.25) is 0 Å². The highest BCUT2D eigenvalue weighted by Crippen LogP contribution is 2.34. The van der Waals surface area contributed by atoms with Crippen molar-refractivity contribution in [3.63, 3.8) is 0 Å². The number of methoxy groups -OCH3 is 1. The molecule has 3 amide bonds. The van der Waals surface area contributed by atoms with Crippen LogP contribution in [0.3, 0.4) is 0 Å². The molecule has 1 saturated heterocycles. The number of para-hydroxylation sites is 1. The summed E-state index contributed by atoms with van der Waals surface area (Å²) < 4.78 is 11.2. The topological polar surface area (TPSA) is 67.9 Å². The highest BCUT2D eigenvalue weighted by atomic mass is 16.5. The number of ether oxygens (including phenoxy) is 2. The van der Waals surface area contributed by atoms with Crippen LogP contribution in [0, 0.1) is 6.92 Å². The summed E-state index contributed by atoms with van der Waals surface area (Å²) in [4.78, 5) is 26.3. The quantitative estimate of drug-likeness (QED) is 0.610. The second-order valence-corrected chi connectivity index (χ2v) is 6.91. The third-order valence-electron chi connectivity index (χ3n) is 4.31. The molecule has 0 aromatic heterocycles. The summed E-state index contributed by atoms with van der Waals surface area (Å²) in [5.41, 5.74) is 2.88. The molecule has 1 aliphatic heterocycles. The van der Waals surface area contributed by atoms with E-state index in [1.165, 1.54) is 4.90 Å². The van der Waals surface area contributed by atoms with Gasteiger partial charge in [-0.2, -0.15) is 0 Å². The molecule has 0 saturated carbocycles. The monoisotopic (exact) mass is 380 g/mol. The second-order valence-electron chi connectivity index (χ2n) is 6.91. The van der Waals surface area contributed by atoms with Gasteiger partial charge in [-0.05, 0) is 38.5 Å². The summed E-state index contributed by atoms with van der Waals surface area (Å²) in [6.45, 7) is 6.03. The van der Waals surface area contributed by atoms with Crippen LogP contribution in [-0.4, -0.2) is 30.1 Å². The molecule has 0 unspecified atom stereocenters. The molecule has 0 atom stereocenters. The Balaban J connectivity index is 1.88. The molecule has 0 bridgehead atoms. The number of carbonyl (C=O) groups is 2. The van der Waals surface area contributed by atoms with E-state index in [1.54, 1.807) is 19.3 Å². The minimum absolute atomic E-state index is 0.0691. The third kappa shape index (κ3) is 4.17. The van der Waals surface area contributed by atoms with Crippen LogP contribution in [0.4, 0.5) is 4.79 Å². The Hall–Kier alpha value is -3.28. The van der Waals surface area contributed by atoms with Crippen molar-refractivity contribution in [2.75, 3.05) is 7.11 Å². The SMILES string of the molecule is COc1cccc(/C=C2\NC(=O)N(Cc3ccc(C)cc3)C2=O)c1OC(C)C. The van der Waals surface area contributed by atoms with E-state index >= 15 is 0 Å². The molecule has 6 nitrogen and oxygen atoms in total. The molecule has 28 heavy (non-hydrogen) atoms. The van der Waals surface area contributed by atoms with Crippen molar-refractivity contribution in [2.24, 2.45) is 0 Å². The number of hydrogen-bond acceptors (Lipinski definition) is 4. The number of nitrogens with one attached hydrogen (secondary N) is 1. The molecule has 1 aliphatic rings. The molecule has 2 aromatic carbocycles. The van der Waals surface area contributed by atoms with Crippen LogP contribution in [-0.2, 0) is 11.3 Å². The van der Waals surface area contributed by atoms with Crippen LogP contribution in [0.25, 0.3) is 6.08 Å². The lowest BCUT2D eigenvalue weighted by Gasteiger charge is -2.16. The fourth-order valence-electron chi connectivity index (χ4n) is 2.92. The van der Waals surface area contributed by atoms with Crippen LogP contribution in [0.2, 0.25) is 0 Å². The van der Waals surface area contributed by atoms with Gasteiger partial charge < -0.3 is 14.8 Å². The third-order valence-corrected chi connectivity index (χ3v) is 4.31. The van der Waals surface area contributed by atoms with Gasteiger partial charge in [0.05, 0.1) is 19.8 Å². The van der Waals surface area contributed by atoms with Crippen LogP contribution >= 0.6 is 0 Å². The number of imide groups is 1. The molecule has 2 aromatic rings. The van der Waals surface area contributed by atoms with Gasteiger partial charge in [-0.3, -0.25) is 9.69 Å². The smallest absolute Gasteiger partial charge is 0.329 e. The number of nitrogens with zero attached hydrogens (tertiary/aromatic N) is 1. The Morgan fingerprint density at radius 1 is 1.11 bits per heavy atom. The summed E-state index contributed by atoms with van der Waals surface area (Å²) in [7, 11) is 1.56. The highest BCUT2D eigenvalue weighted by Gasteiger charge is 2.33. The van der Waals surface area contributed by atoms with Gasteiger partial charge in [0.1, 0.15) is 5.70 Å². The van der Waals surface area contributed by atoms with Crippen molar-refractivity contribution < 1.29 is 19.1 Å². The molecule has 146 valence electrons. The van der Waals surface area contributed by atoms with E-state index in [9.17, 15) is 9.59 Å². The lowest BCUT2D eigenvalue weighted by Crippen LogP contribution is -2.30. The molecular weight excluding hydrogens is 356 g/mol. The van der Waals surface area contributed by atoms with E-state index in [4.69, 9.17) is 9.47 Å². The molecule has 6 heteroatoms. The Morgan fingerprint density at radius 2 is 1.82 bits per heavy atom. The molecule has 3 rings (SSSR count). The Labute approximate surface area is 164 Å². The number of benzene rings is 2. The van der Waals surface area contributed by atoms with Crippen molar-refractivity contribution in [1.29, 1.82) is 0 Å². The zero-order valence-electron chi connectivity index (χ0n) is 16.5. The molecule has 0 radical (unpaired) electrons. The first-order valence-electron chi connectivity index (χ1n) is 9.12. The van der Waals surface area contributed by atoms with E-state index in [2.05, 4.69) is 5.32 Å². The molecule has 1 heterocycles. The minimum Gasteiger partial charge on any atom is -0.493 e. The fourth-order valence-corrected chi connectivity index (χ4v) is 2.92. The molecule has 1 N–H and O–H groups in total. The van der Waals surface area contributed by atoms with Gasteiger partial charge in [-0.25, -0.2) is 4.79 Å². The van der Waals surface area contributed by atoms with E-state index < -0.39 is 6.03 Å². The first kappa shape index (κ1) is 19.5. The van der Waals surface area contributed by atoms with Crippen molar-refractivity contribution >= 4 is 18.0 Å². The molecule has 0 spiro atoms. The molecule has 0 aliphatic carbocycles. The van der Waals surface area contributed by atoms with Gasteiger partial charge in [0.25, 0.3) is 5.91 Å². The predicted molar refractivity (Wildman–Crippen MR) is 107 cm³/mol. The normalized spacial score (nSPS) is 15.3. The zero-order chi connectivity index (χ0) is 20.3. The van der Waals surface area contributed by atoms with E-state index in [0.29, 0.717) is 17.1 Å². The summed E-state index contributed by atoms with van der Waals surface area (Å²) in [6.07, 6.45) is 1.55. The number of urea groups is 1. The Morgan fingerprint density at radius 3 is 2.46 bits per heavy atom. The first-order valence-corrected chi connectivity index (χ1v) is 9.12. The largest absolute Gasteiger partial charge is 0.493 e. The average Bonchev–Trinajstić information content (AvgIpc) is 2.92. The van der Waals surface area contributed by atoms with Gasteiger partial charge >= 0.3 is 6.03 Å². The van der Waals surface area contributed by atoms with Crippen LogP contribution in [0.1, 0.15) is 30.5 Å². The van der Waals surface area contributed by atoms with Crippen molar-refractivity contribution in [3.05, 3.63) is 64.9 Å².